The molecule has 1 atom stereocenters. The van der Waals surface area contributed by atoms with Gasteiger partial charge in [0.15, 0.2) is 5.69 Å². The minimum atomic E-state index is -0.378. The Balaban J connectivity index is 1.92. The molecule has 4 rings (SSSR count). The summed E-state index contributed by atoms with van der Waals surface area (Å²) in [5.41, 5.74) is 2.28. The van der Waals surface area contributed by atoms with E-state index >= 15 is 0 Å². The fourth-order valence-electron chi connectivity index (χ4n) is 3.27. The first-order chi connectivity index (χ1) is 12.4. The Morgan fingerprint density at radius 2 is 1.73 bits per heavy atom. The van der Waals surface area contributed by atoms with Crippen molar-refractivity contribution in [3.05, 3.63) is 79.9 Å². The molecule has 6 nitrogen and oxygen atoms in total. The second-order valence-electron chi connectivity index (χ2n) is 6.20. The molecule has 3 aromatic rings. The molecule has 0 aliphatic carbocycles. The number of aryl methyl sites for hydroxylation is 2. The highest BCUT2D eigenvalue weighted by Crippen LogP contribution is 2.41. The van der Waals surface area contributed by atoms with Crippen molar-refractivity contribution in [2.45, 2.75) is 6.04 Å². The molecular weight excluding hydrogens is 375 g/mol. The number of rotatable bonds is 2. The maximum Gasteiger partial charge on any atom is 0.280 e. The predicted molar refractivity (Wildman–Crippen MR) is 100 cm³/mol. The standard InChI is InChI=1S/C18H14Cl2N4O2/c1-22-8-12(7-14(20)17(22)25)24-16(10-3-5-11(19)6-4-10)13-9-23(2)21-15(13)18(24)26/h3-9,16H,1-2H3/t16-/m1/s1. The van der Waals surface area contributed by atoms with Crippen LogP contribution in [0.3, 0.4) is 0 Å². The number of benzene rings is 1. The van der Waals surface area contributed by atoms with Crippen molar-refractivity contribution in [1.29, 1.82) is 0 Å². The molecule has 26 heavy (non-hydrogen) atoms. The summed E-state index contributed by atoms with van der Waals surface area (Å²) in [6.45, 7) is 0. The highest BCUT2D eigenvalue weighted by molar-refractivity contribution is 6.31. The molecule has 1 amide bonds. The van der Waals surface area contributed by atoms with Crippen molar-refractivity contribution in [2.75, 3.05) is 4.90 Å². The number of carbonyl (C=O) groups is 1. The average molecular weight is 389 g/mol. The van der Waals surface area contributed by atoms with Crippen molar-refractivity contribution in [3.63, 3.8) is 0 Å². The van der Waals surface area contributed by atoms with E-state index in [4.69, 9.17) is 23.2 Å². The Morgan fingerprint density at radius 1 is 1.04 bits per heavy atom. The molecule has 0 radical (unpaired) electrons. The number of halogens is 2. The van der Waals surface area contributed by atoms with Gasteiger partial charge in [0.25, 0.3) is 11.5 Å². The van der Waals surface area contributed by atoms with E-state index in [9.17, 15) is 9.59 Å². The summed E-state index contributed by atoms with van der Waals surface area (Å²) in [4.78, 5) is 26.6. The highest BCUT2D eigenvalue weighted by atomic mass is 35.5. The van der Waals surface area contributed by atoms with Gasteiger partial charge in [-0.25, -0.2) is 0 Å². The topological polar surface area (TPSA) is 60.1 Å². The van der Waals surface area contributed by atoms with E-state index < -0.39 is 0 Å². The van der Waals surface area contributed by atoms with Crippen LogP contribution < -0.4 is 10.5 Å². The summed E-state index contributed by atoms with van der Waals surface area (Å²) in [5.74, 6) is -0.240. The lowest BCUT2D eigenvalue weighted by Crippen LogP contribution is -2.31. The van der Waals surface area contributed by atoms with Crippen molar-refractivity contribution >= 4 is 34.8 Å². The highest BCUT2D eigenvalue weighted by Gasteiger charge is 2.41. The first-order valence-electron chi connectivity index (χ1n) is 7.85. The lowest BCUT2D eigenvalue weighted by molar-refractivity contribution is 0.0988. The summed E-state index contributed by atoms with van der Waals surface area (Å²) in [6.07, 6.45) is 3.43. The lowest BCUT2D eigenvalue weighted by atomic mass is 10.0. The van der Waals surface area contributed by atoms with Gasteiger partial charge in [0.05, 0.1) is 11.7 Å². The van der Waals surface area contributed by atoms with Gasteiger partial charge < -0.3 is 4.57 Å². The van der Waals surface area contributed by atoms with E-state index in [-0.39, 0.29) is 22.5 Å². The second-order valence-corrected chi connectivity index (χ2v) is 7.04. The smallest absolute Gasteiger partial charge is 0.280 e. The Hall–Kier alpha value is -2.57. The number of hydrogen-bond donors (Lipinski definition) is 0. The van der Waals surface area contributed by atoms with E-state index in [1.807, 2.05) is 18.3 Å². The second kappa shape index (κ2) is 6.00. The van der Waals surface area contributed by atoms with Gasteiger partial charge in [0.1, 0.15) is 5.02 Å². The Kier molecular flexibility index (Phi) is 3.89. The van der Waals surface area contributed by atoms with Gasteiger partial charge in [-0.2, -0.15) is 5.10 Å². The molecule has 0 spiro atoms. The van der Waals surface area contributed by atoms with Gasteiger partial charge in [-0.15, -0.1) is 0 Å². The number of aromatic nitrogens is 3. The fraction of sp³-hybridized carbons (Fsp3) is 0.167. The van der Waals surface area contributed by atoms with Crippen LogP contribution in [0.25, 0.3) is 0 Å². The Labute approximate surface area is 159 Å². The van der Waals surface area contributed by atoms with Crippen molar-refractivity contribution < 1.29 is 4.79 Å². The molecule has 1 aromatic carbocycles. The molecule has 1 aliphatic heterocycles. The molecule has 0 bridgehead atoms. The van der Waals surface area contributed by atoms with Gasteiger partial charge in [0.2, 0.25) is 0 Å². The molecule has 0 saturated carbocycles. The van der Waals surface area contributed by atoms with Crippen LogP contribution in [-0.4, -0.2) is 20.3 Å². The van der Waals surface area contributed by atoms with Crippen LogP contribution in [0.1, 0.15) is 27.7 Å². The molecule has 3 heterocycles. The van der Waals surface area contributed by atoms with Crippen LogP contribution in [0.2, 0.25) is 10.0 Å². The minimum Gasteiger partial charge on any atom is -0.315 e. The number of carbonyl (C=O) groups excluding carboxylic acids is 1. The number of anilines is 1. The first kappa shape index (κ1) is 16.9. The summed E-state index contributed by atoms with van der Waals surface area (Å²) >= 11 is 12.1. The number of hydrogen-bond acceptors (Lipinski definition) is 3. The average Bonchev–Trinajstić information content (AvgIpc) is 3.09. The zero-order valence-electron chi connectivity index (χ0n) is 14.0. The van der Waals surface area contributed by atoms with Gasteiger partial charge in [-0.1, -0.05) is 35.3 Å². The number of pyridine rings is 1. The van der Waals surface area contributed by atoms with Crippen LogP contribution in [0.15, 0.2) is 47.5 Å². The van der Waals surface area contributed by atoms with Crippen LogP contribution in [-0.2, 0) is 14.1 Å². The molecule has 0 fully saturated rings. The lowest BCUT2D eigenvalue weighted by Gasteiger charge is -2.26. The molecule has 8 heteroatoms. The number of fused-ring (bicyclic) bond motifs is 1. The monoisotopic (exact) mass is 388 g/mol. The molecular formula is C18H14Cl2N4O2. The molecule has 0 saturated heterocycles. The van der Waals surface area contributed by atoms with Crippen LogP contribution in [0.5, 0.6) is 0 Å². The number of nitrogens with zero attached hydrogens (tertiary/aromatic N) is 4. The van der Waals surface area contributed by atoms with Crippen LogP contribution >= 0.6 is 23.2 Å². The van der Waals surface area contributed by atoms with Crippen molar-refractivity contribution in [1.82, 2.24) is 14.3 Å². The molecule has 132 valence electrons. The van der Waals surface area contributed by atoms with E-state index in [1.165, 1.54) is 10.6 Å². The third-order valence-electron chi connectivity index (χ3n) is 4.42. The molecule has 0 N–H and O–H groups in total. The quantitative estimate of drug-likeness (QED) is 0.677. The third-order valence-corrected chi connectivity index (χ3v) is 4.94. The number of amides is 1. The largest absolute Gasteiger partial charge is 0.315 e. The molecule has 2 aromatic heterocycles. The van der Waals surface area contributed by atoms with Crippen LogP contribution in [0, 0.1) is 0 Å². The van der Waals surface area contributed by atoms with E-state index in [0.717, 1.165) is 11.1 Å². The molecule has 0 unspecified atom stereocenters. The maximum atomic E-state index is 13.1. The Morgan fingerprint density at radius 3 is 2.38 bits per heavy atom. The summed E-state index contributed by atoms with van der Waals surface area (Å²) in [6, 6.07) is 8.44. The van der Waals surface area contributed by atoms with Gasteiger partial charge in [-0.05, 0) is 23.8 Å². The van der Waals surface area contributed by atoms with Gasteiger partial charge in [0, 0.05) is 37.1 Å². The SMILES string of the molecule is Cn1cc2c(n1)C(=O)N(c1cc(Cl)c(=O)n(C)c1)[C@@H]2c1ccc(Cl)cc1. The van der Waals surface area contributed by atoms with Gasteiger partial charge in [-0.3, -0.25) is 19.2 Å². The van der Waals surface area contributed by atoms with E-state index in [2.05, 4.69) is 5.10 Å². The summed E-state index contributed by atoms with van der Waals surface area (Å²) in [5, 5.41) is 4.97. The molecule has 1 aliphatic rings. The van der Waals surface area contributed by atoms with E-state index in [0.29, 0.717) is 16.4 Å². The van der Waals surface area contributed by atoms with E-state index in [1.54, 1.807) is 42.0 Å². The zero-order chi connectivity index (χ0) is 18.6. The first-order valence-corrected chi connectivity index (χ1v) is 8.61. The third kappa shape index (κ3) is 2.53. The van der Waals surface area contributed by atoms with Crippen molar-refractivity contribution in [2.24, 2.45) is 14.1 Å². The summed E-state index contributed by atoms with van der Waals surface area (Å²) < 4.78 is 2.98. The maximum absolute atomic E-state index is 13.1. The predicted octanol–water partition coefficient (Wildman–Crippen LogP) is 3.18. The minimum absolute atomic E-state index is 0.0535. The van der Waals surface area contributed by atoms with Crippen LogP contribution in [0.4, 0.5) is 5.69 Å². The fourth-order valence-corrected chi connectivity index (χ4v) is 3.64. The van der Waals surface area contributed by atoms with Crippen molar-refractivity contribution in [3.8, 4) is 0 Å². The summed E-state index contributed by atoms with van der Waals surface area (Å²) in [7, 11) is 3.37. The zero-order valence-corrected chi connectivity index (χ0v) is 15.5. The Bertz CT molecular complexity index is 1060. The van der Waals surface area contributed by atoms with Gasteiger partial charge >= 0.3 is 0 Å². The normalized spacial score (nSPS) is 16.2.